The predicted molar refractivity (Wildman–Crippen MR) is 420 cm³/mol. The lowest BCUT2D eigenvalue weighted by atomic mass is 10.2. The van der Waals surface area contributed by atoms with Crippen molar-refractivity contribution in [2.45, 2.75) is 40.1 Å². The molecule has 2 rings (SSSR count). The van der Waals surface area contributed by atoms with E-state index in [0.717, 1.165) is 6.54 Å². The van der Waals surface area contributed by atoms with Crippen molar-refractivity contribution in [3.8, 4) is 0 Å². The third-order valence-electron chi connectivity index (χ3n) is 13.7. The van der Waals surface area contributed by atoms with Gasteiger partial charge in [0.2, 0.25) is 15.0 Å². The zero-order chi connectivity index (χ0) is 69.5. The van der Waals surface area contributed by atoms with Crippen molar-refractivity contribution >= 4 is 85.9 Å². The van der Waals surface area contributed by atoms with Gasteiger partial charge in [-0.25, -0.2) is 23.4 Å². The summed E-state index contributed by atoms with van der Waals surface area (Å²) in [5.41, 5.74) is 2.42. The number of nitrogens with zero attached hydrogens (tertiary/aromatic N) is 21. The quantitative estimate of drug-likeness (QED) is 0.0731. The molecule has 0 aliphatic rings. The average molecular weight is 1460 g/mol. The molecule has 2 aromatic carbocycles. The number of benzene rings is 2. The second kappa shape index (κ2) is 41.2. The SMILES string of the molecule is CC.CC.CN(C)P(C)(=N[P+](N=P(C)(C)C)(N=P(C)(N(C)C)N(C)C)N=P(N(C)C)(N(C)C)N(C)Cc1ccccc1)N(C)C.CNP(=N[P+](N=P(C)(C)C)(N=P(C)(N(C)C)N(C)C)N=P(C)(N(C)C)N(C)C)(N(C)C)N(C)C.ClCc1ccccc1.[OH-]. The molecule has 0 amide bonds. The van der Waals surface area contributed by atoms with E-state index in [2.05, 4.69) is 339 Å². The lowest BCUT2D eigenvalue weighted by Crippen LogP contribution is -2.32. The minimum absolute atomic E-state index is 0. The minimum atomic E-state index is -3.06. The zero-order valence-electron chi connectivity index (χ0n) is 63.4. The molecule has 88 heavy (non-hydrogen) atoms. The van der Waals surface area contributed by atoms with Crippen molar-refractivity contribution in [2.24, 2.45) is 36.1 Å². The second-order valence-electron chi connectivity index (χ2n) is 24.6. The first kappa shape index (κ1) is 95.2. The highest BCUT2D eigenvalue weighted by molar-refractivity contribution is 7.89. The van der Waals surface area contributed by atoms with Gasteiger partial charge < -0.3 is 5.48 Å². The third kappa shape index (κ3) is 27.7. The normalized spacial score (nSPS) is 13.3. The summed E-state index contributed by atoms with van der Waals surface area (Å²) in [4.78, 5) is 0. The largest absolute Gasteiger partial charge is 0.870 e. The summed E-state index contributed by atoms with van der Waals surface area (Å²) in [6.07, 6.45) is 0. The molecular weight excluding hydrogens is 1320 g/mol. The molecule has 0 atom stereocenters. The summed E-state index contributed by atoms with van der Waals surface area (Å²) < 4.78 is 75.2. The van der Waals surface area contributed by atoms with E-state index in [4.69, 9.17) is 47.7 Å². The summed E-state index contributed by atoms with van der Waals surface area (Å²) in [7, 11) is 31.9. The maximum absolute atomic E-state index is 6.00. The number of nitrogens with one attached hydrogen (secondary N) is 1. The van der Waals surface area contributed by atoms with Gasteiger partial charge in [-0.1, -0.05) is 97.4 Å². The van der Waals surface area contributed by atoms with E-state index in [1.54, 1.807) is 0 Å². The van der Waals surface area contributed by atoms with Crippen molar-refractivity contribution < 1.29 is 5.48 Å². The van der Waals surface area contributed by atoms with Gasteiger partial charge in [-0.15, -0.1) is 11.6 Å². The summed E-state index contributed by atoms with van der Waals surface area (Å²) >= 11 is 5.53. The van der Waals surface area contributed by atoms with Crippen LogP contribution in [0, 0.1) is 0 Å². The zero-order valence-corrected chi connectivity index (χ0v) is 73.1. The Hall–Kier alpha value is 0.830. The molecular formula is C54H136ClN22OP10+. The van der Waals surface area contributed by atoms with E-state index >= 15 is 0 Å². The lowest BCUT2D eigenvalue weighted by Gasteiger charge is -2.42. The standard InChI is InChI=1S/C25H61N11P5.C18H55N11P5.C7H7Cl.2C2H6.H2O/c1-30(2)38(17,31(3)4)27-40(26-37(14,15)16,28-39(18,32(5)6)33(7)8)29-41(34(9)10,35(11)12)36(13)24-25-22-20-19-21-23-25;1-19-34(28(10)11,29(12)13)23-33(20-30(14,15)16,21-31(17,24(2)3)25(4)5)22-32(18,26(6)7)27(8)9;8-6-7-4-2-1-3-5-7;2*1-2;/h19-23H,24H2,1-18H3;19H,1-18H3;1-5H,6H2;2*1-2H3;1H2/q2*+1;;;;/p-1. The van der Waals surface area contributed by atoms with Crippen LogP contribution in [0.3, 0.4) is 0 Å². The molecule has 34 heteroatoms. The third-order valence-corrected chi connectivity index (χ3v) is 51.5. The number of rotatable bonds is 25. The number of hydrogen-bond donors (Lipinski definition) is 1. The summed E-state index contributed by atoms with van der Waals surface area (Å²) in [5.74, 6) is 0.612. The Labute approximate surface area is 551 Å². The van der Waals surface area contributed by atoms with Gasteiger partial charge >= 0.3 is 15.7 Å². The first-order chi connectivity index (χ1) is 39.5. The first-order valence-corrected chi connectivity index (χ1v) is 50.8. The van der Waals surface area contributed by atoms with Gasteiger partial charge in [-0.2, -0.15) is 0 Å². The van der Waals surface area contributed by atoms with Crippen LogP contribution < -0.4 is 5.09 Å². The van der Waals surface area contributed by atoms with E-state index in [9.17, 15) is 0 Å². The van der Waals surface area contributed by atoms with Crippen molar-refractivity contribution in [1.82, 2.24) is 65.8 Å². The predicted octanol–water partition coefficient (Wildman–Crippen LogP) is 17.4. The fourth-order valence-electron chi connectivity index (χ4n) is 7.91. The Balaban J connectivity index is -0.000000675. The van der Waals surface area contributed by atoms with E-state index in [-0.39, 0.29) is 5.48 Å². The molecule has 0 saturated heterocycles. The van der Waals surface area contributed by atoms with Gasteiger partial charge in [0.1, 0.15) is 29.4 Å². The van der Waals surface area contributed by atoms with Gasteiger partial charge in [0.25, 0.3) is 0 Å². The molecule has 524 valence electrons. The van der Waals surface area contributed by atoms with Crippen LogP contribution in [0.1, 0.15) is 38.8 Å². The van der Waals surface area contributed by atoms with E-state index in [1.165, 1.54) is 11.1 Å². The highest BCUT2D eigenvalue weighted by Crippen LogP contribution is 2.85. The fraction of sp³-hybridized carbons (Fsp3) is 0.778. The van der Waals surface area contributed by atoms with Crippen LogP contribution >= 0.6 is 85.9 Å². The minimum Gasteiger partial charge on any atom is -0.870 e. The lowest BCUT2D eigenvalue weighted by molar-refractivity contribution is 0.428. The fourth-order valence-corrected chi connectivity index (χ4v) is 44.6. The van der Waals surface area contributed by atoms with Gasteiger partial charge in [-0.05, 0) is 261 Å². The molecule has 2 aromatic rings. The van der Waals surface area contributed by atoms with Crippen LogP contribution in [-0.4, -0.2) is 316 Å². The summed E-state index contributed by atoms with van der Waals surface area (Å²) in [5, 5.41) is 3.57. The van der Waals surface area contributed by atoms with E-state index < -0.39 is 74.3 Å². The number of hydrogen-bond acceptors (Lipinski definition) is 9. The smallest absolute Gasteiger partial charge is 0.496 e. The molecule has 2 N–H and O–H groups in total. The Morgan fingerprint density at radius 2 is 0.580 bits per heavy atom. The molecule has 0 unspecified atom stereocenters. The van der Waals surface area contributed by atoms with Crippen molar-refractivity contribution in [1.29, 1.82) is 0 Å². The molecule has 0 radical (unpaired) electrons. The van der Waals surface area contributed by atoms with Crippen LogP contribution in [0.4, 0.5) is 0 Å². The average Bonchev–Trinajstić information content (AvgIpc) is 3.39. The molecule has 0 saturated carbocycles. The molecule has 0 aliphatic carbocycles. The molecule has 0 bridgehead atoms. The molecule has 0 spiro atoms. The Kier molecular flexibility index (Phi) is 44.5. The Morgan fingerprint density at radius 3 is 0.761 bits per heavy atom. The summed E-state index contributed by atoms with van der Waals surface area (Å²) in [6.45, 7) is 31.2. The Morgan fingerprint density at radius 1 is 0.341 bits per heavy atom. The maximum Gasteiger partial charge on any atom is 0.496 e. The highest BCUT2D eigenvalue weighted by atomic mass is 35.5. The van der Waals surface area contributed by atoms with Crippen LogP contribution in [0.5, 0.6) is 0 Å². The van der Waals surface area contributed by atoms with E-state index in [0.29, 0.717) is 5.88 Å². The Bertz CT molecular complexity index is 2630. The topological polar surface area (TPSA) is 183 Å². The first-order valence-electron chi connectivity index (χ1n) is 29.3. The van der Waals surface area contributed by atoms with Gasteiger partial charge in [0.15, 0.2) is 0 Å². The molecule has 0 aliphatic heterocycles. The molecule has 0 fully saturated rings. The second-order valence-corrected chi connectivity index (χ2v) is 60.4. The monoisotopic (exact) mass is 1450 g/mol. The van der Waals surface area contributed by atoms with Crippen molar-refractivity contribution in [2.75, 3.05) is 250 Å². The van der Waals surface area contributed by atoms with Gasteiger partial charge in [-0.3, -0.25) is 42.5 Å². The van der Waals surface area contributed by atoms with Crippen LogP contribution in [0.2, 0.25) is 0 Å². The van der Waals surface area contributed by atoms with Crippen LogP contribution in [0.25, 0.3) is 0 Å². The van der Waals surface area contributed by atoms with Gasteiger partial charge in [0.05, 0.1) is 0 Å². The molecule has 23 nitrogen and oxygen atoms in total. The molecule has 0 aromatic heterocycles. The van der Waals surface area contributed by atoms with E-state index in [1.807, 2.05) is 65.1 Å². The van der Waals surface area contributed by atoms with Crippen molar-refractivity contribution in [3.63, 3.8) is 0 Å². The van der Waals surface area contributed by atoms with Crippen LogP contribution in [0.15, 0.2) is 96.8 Å². The van der Waals surface area contributed by atoms with Gasteiger partial charge in [0, 0.05) is 53.2 Å². The maximum atomic E-state index is 6.00. The summed E-state index contributed by atoms with van der Waals surface area (Å²) in [6, 6.07) is 20.6. The van der Waals surface area contributed by atoms with Crippen LogP contribution in [-0.2, 0) is 12.4 Å². The molecule has 0 heterocycles. The highest BCUT2D eigenvalue weighted by Gasteiger charge is 2.53. The van der Waals surface area contributed by atoms with Crippen molar-refractivity contribution in [3.05, 3.63) is 71.8 Å². The number of halogens is 1. The number of alkyl halides is 1.